The molecule has 4 heteroatoms. The highest BCUT2D eigenvalue weighted by atomic mass is 16.5. The van der Waals surface area contributed by atoms with Crippen LogP contribution in [0, 0.1) is 6.92 Å². The molecule has 0 unspecified atom stereocenters. The number of aryl methyl sites for hydroxylation is 1. The molecule has 0 bridgehead atoms. The first-order valence-corrected chi connectivity index (χ1v) is 7.36. The van der Waals surface area contributed by atoms with E-state index in [0.29, 0.717) is 18.9 Å². The SMILES string of the molecule is CCOc1cccc(OCC(=O)NCc2ccccc2C)c1. The second-order valence-corrected chi connectivity index (χ2v) is 4.90. The van der Waals surface area contributed by atoms with Crippen LogP contribution < -0.4 is 14.8 Å². The van der Waals surface area contributed by atoms with Crippen LogP contribution in [0.4, 0.5) is 0 Å². The van der Waals surface area contributed by atoms with E-state index in [0.717, 1.165) is 16.9 Å². The van der Waals surface area contributed by atoms with Gasteiger partial charge in [0.1, 0.15) is 11.5 Å². The van der Waals surface area contributed by atoms with E-state index in [4.69, 9.17) is 9.47 Å². The highest BCUT2D eigenvalue weighted by molar-refractivity contribution is 5.77. The number of benzene rings is 2. The summed E-state index contributed by atoms with van der Waals surface area (Å²) < 4.78 is 10.9. The molecule has 116 valence electrons. The average Bonchev–Trinajstić information content (AvgIpc) is 2.53. The Morgan fingerprint density at radius 2 is 1.77 bits per heavy atom. The molecule has 22 heavy (non-hydrogen) atoms. The Morgan fingerprint density at radius 1 is 1.05 bits per heavy atom. The molecular weight excluding hydrogens is 278 g/mol. The Kier molecular flexibility index (Phi) is 5.83. The van der Waals surface area contributed by atoms with Crippen LogP contribution in [-0.4, -0.2) is 19.1 Å². The first-order chi connectivity index (χ1) is 10.7. The summed E-state index contributed by atoms with van der Waals surface area (Å²) in [6.07, 6.45) is 0. The van der Waals surface area contributed by atoms with Crippen LogP contribution in [0.3, 0.4) is 0 Å². The zero-order valence-electron chi connectivity index (χ0n) is 13.0. The summed E-state index contributed by atoms with van der Waals surface area (Å²) in [5.74, 6) is 1.21. The third-order valence-electron chi connectivity index (χ3n) is 3.22. The molecule has 0 saturated heterocycles. The summed E-state index contributed by atoms with van der Waals surface area (Å²) in [4.78, 5) is 11.8. The molecule has 0 aromatic heterocycles. The van der Waals surface area contributed by atoms with Crippen LogP contribution in [0.1, 0.15) is 18.1 Å². The van der Waals surface area contributed by atoms with Gasteiger partial charge in [0.2, 0.25) is 0 Å². The predicted octanol–water partition coefficient (Wildman–Crippen LogP) is 3.09. The summed E-state index contributed by atoms with van der Waals surface area (Å²) in [7, 11) is 0. The van der Waals surface area contributed by atoms with E-state index in [1.165, 1.54) is 0 Å². The lowest BCUT2D eigenvalue weighted by Crippen LogP contribution is -2.28. The molecule has 2 aromatic rings. The van der Waals surface area contributed by atoms with E-state index >= 15 is 0 Å². The number of nitrogens with one attached hydrogen (secondary N) is 1. The lowest BCUT2D eigenvalue weighted by atomic mass is 10.1. The maximum atomic E-state index is 11.8. The predicted molar refractivity (Wildman–Crippen MR) is 86.1 cm³/mol. The van der Waals surface area contributed by atoms with E-state index in [1.54, 1.807) is 12.1 Å². The fraction of sp³-hybridized carbons (Fsp3) is 0.278. The van der Waals surface area contributed by atoms with Crippen LogP contribution in [0.5, 0.6) is 11.5 Å². The Bertz CT molecular complexity index is 625. The van der Waals surface area contributed by atoms with Gasteiger partial charge in [0.15, 0.2) is 6.61 Å². The van der Waals surface area contributed by atoms with Crippen LogP contribution >= 0.6 is 0 Å². The van der Waals surface area contributed by atoms with Crippen LogP contribution in [0.25, 0.3) is 0 Å². The Morgan fingerprint density at radius 3 is 2.50 bits per heavy atom. The second kappa shape index (κ2) is 8.08. The summed E-state index contributed by atoms with van der Waals surface area (Å²) in [5.41, 5.74) is 2.27. The van der Waals surface area contributed by atoms with Crippen molar-refractivity contribution in [1.82, 2.24) is 5.32 Å². The van der Waals surface area contributed by atoms with Gasteiger partial charge in [-0.2, -0.15) is 0 Å². The van der Waals surface area contributed by atoms with Gasteiger partial charge in [-0.15, -0.1) is 0 Å². The summed E-state index contributed by atoms with van der Waals surface area (Å²) in [6, 6.07) is 15.2. The van der Waals surface area contributed by atoms with E-state index in [2.05, 4.69) is 5.32 Å². The van der Waals surface area contributed by atoms with Gasteiger partial charge in [0.25, 0.3) is 5.91 Å². The Balaban J connectivity index is 1.80. The van der Waals surface area contributed by atoms with Gasteiger partial charge in [0.05, 0.1) is 6.61 Å². The monoisotopic (exact) mass is 299 g/mol. The van der Waals surface area contributed by atoms with Crippen molar-refractivity contribution in [2.24, 2.45) is 0 Å². The van der Waals surface area contributed by atoms with Crippen molar-refractivity contribution in [3.63, 3.8) is 0 Å². The standard InChI is InChI=1S/C18H21NO3/c1-3-21-16-9-6-10-17(11-16)22-13-18(20)19-12-15-8-5-4-7-14(15)2/h4-11H,3,12-13H2,1-2H3,(H,19,20). The molecule has 1 amide bonds. The quantitative estimate of drug-likeness (QED) is 0.854. The number of carbonyl (C=O) groups excluding carboxylic acids is 1. The molecule has 1 N–H and O–H groups in total. The fourth-order valence-corrected chi connectivity index (χ4v) is 2.02. The number of rotatable bonds is 7. The molecule has 0 aliphatic carbocycles. The minimum Gasteiger partial charge on any atom is -0.494 e. The highest BCUT2D eigenvalue weighted by Crippen LogP contribution is 2.19. The van der Waals surface area contributed by atoms with Gasteiger partial charge in [-0.25, -0.2) is 0 Å². The van der Waals surface area contributed by atoms with Crippen molar-refractivity contribution in [2.75, 3.05) is 13.2 Å². The number of ether oxygens (including phenoxy) is 2. The summed E-state index contributed by atoms with van der Waals surface area (Å²) in [6.45, 7) is 5.04. The van der Waals surface area contributed by atoms with Crippen molar-refractivity contribution in [1.29, 1.82) is 0 Å². The molecule has 0 radical (unpaired) electrons. The second-order valence-electron chi connectivity index (χ2n) is 4.90. The third-order valence-corrected chi connectivity index (χ3v) is 3.22. The average molecular weight is 299 g/mol. The molecule has 0 aliphatic rings. The molecule has 2 rings (SSSR count). The Hall–Kier alpha value is -2.49. The normalized spacial score (nSPS) is 10.1. The van der Waals surface area contributed by atoms with Gasteiger partial charge in [-0.1, -0.05) is 30.3 Å². The largest absolute Gasteiger partial charge is 0.494 e. The van der Waals surface area contributed by atoms with E-state index in [9.17, 15) is 4.79 Å². The van der Waals surface area contributed by atoms with Crippen molar-refractivity contribution >= 4 is 5.91 Å². The van der Waals surface area contributed by atoms with Gasteiger partial charge in [-0.05, 0) is 37.1 Å². The van der Waals surface area contributed by atoms with E-state index in [1.807, 2.05) is 50.2 Å². The molecule has 0 atom stereocenters. The van der Waals surface area contributed by atoms with Gasteiger partial charge >= 0.3 is 0 Å². The van der Waals surface area contributed by atoms with Gasteiger partial charge in [-0.3, -0.25) is 4.79 Å². The Labute approximate surface area is 131 Å². The number of amides is 1. The van der Waals surface area contributed by atoms with Crippen LogP contribution in [-0.2, 0) is 11.3 Å². The van der Waals surface area contributed by atoms with Crippen molar-refractivity contribution in [3.05, 3.63) is 59.7 Å². The lowest BCUT2D eigenvalue weighted by Gasteiger charge is -2.10. The molecule has 0 heterocycles. The zero-order chi connectivity index (χ0) is 15.8. The molecule has 0 aliphatic heterocycles. The first-order valence-electron chi connectivity index (χ1n) is 7.36. The third kappa shape index (κ3) is 4.81. The van der Waals surface area contributed by atoms with E-state index in [-0.39, 0.29) is 12.5 Å². The highest BCUT2D eigenvalue weighted by Gasteiger charge is 2.05. The van der Waals surface area contributed by atoms with Crippen molar-refractivity contribution in [3.8, 4) is 11.5 Å². The van der Waals surface area contributed by atoms with E-state index < -0.39 is 0 Å². The molecule has 0 saturated carbocycles. The number of carbonyl (C=O) groups is 1. The zero-order valence-corrected chi connectivity index (χ0v) is 13.0. The van der Waals surface area contributed by atoms with Crippen LogP contribution in [0.15, 0.2) is 48.5 Å². The summed E-state index contributed by atoms with van der Waals surface area (Å²) in [5, 5.41) is 2.85. The van der Waals surface area contributed by atoms with Crippen molar-refractivity contribution in [2.45, 2.75) is 20.4 Å². The molecule has 2 aromatic carbocycles. The van der Waals surface area contributed by atoms with Crippen molar-refractivity contribution < 1.29 is 14.3 Å². The fourth-order valence-electron chi connectivity index (χ4n) is 2.02. The number of hydrogen-bond acceptors (Lipinski definition) is 3. The van der Waals surface area contributed by atoms with Gasteiger partial charge in [0, 0.05) is 12.6 Å². The maximum Gasteiger partial charge on any atom is 0.258 e. The smallest absolute Gasteiger partial charge is 0.258 e. The topological polar surface area (TPSA) is 47.6 Å². The number of hydrogen-bond donors (Lipinski definition) is 1. The lowest BCUT2D eigenvalue weighted by molar-refractivity contribution is -0.123. The molecule has 4 nitrogen and oxygen atoms in total. The first kappa shape index (κ1) is 15.9. The minimum atomic E-state index is -0.148. The summed E-state index contributed by atoms with van der Waals surface area (Å²) >= 11 is 0. The minimum absolute atomic E-state index is 0.0124. The molecule has 0 fully saturated rings. The van der Waals surface area contributed by atoms with Gasteiger partial charge < -0.3 is 14.8 Å². The van der Waals surface area contributed by atoms with Crippen LogP contribution in [0.2, 0.25) is 0 Å². The molecular formula is C18H21NO3. The maximum absolute atomic E-state index is 11.8. The molecule has 0 spiro atoms.